The highest BCUT2D eigenvalue weighted by Gasteiger charge is 2.44. The smallest absolute Gasteiger partial charge is 0.339 e. The van der Waals surface area contributed by atoms with Crippen molar-refractivity contribution in [2.75, 3.05) is 18.8 Å². The molecule has 0 amide bonds. The van der Waals surface area contributed by atoms with Gasteiger partial charge in [-0.15, -0.1) is 0 Å². The molecular weight excluding hydrogens is 474 g/mol. The molecule has 2 aromatic rings. The molecule has 0 aromatic heterocycles. The largest absolute Gasteiger partial charge is 0.544 e. The van der Waals surface area contributed by atoms with Crippen LogP contribution in [-0.2, 0) is 18.8 Å². The number of carbonyl (C=O) groups is 1. The molecule has 1 heterocycles. The van der Waals surface area contributed by atoms with Gasteiger partial charge in [0.05, 0.1) is 12.8 Å². The summed E-state index contributed by atoms with van der Waals surface area (Å²) >= 11 is 3.49. The lowest BCUT2D eigenvalue weighted by molar-refractivity contribution is -0.137. The van der Waals surface area contributed by atoms with Crippen molar-refractivity contribution in [1.29, 1.82) is 0 Å². The van der Waals surface area contributed by atoms with Gasteiger partial charge in [0, 0.05) is 4.47 Å². The van der Waals surface area contributed by atoms with Gasteiger partial charge in [0.2, 0.25) is 8.32 Å². The Morgan fingerprint density at radius 3 is 2.26 bits per heavy atom. The number of ether oxygens (including phenoxy) is 1. The van der Waals surface area contributed by atoms with E-state index in [-0.39, 0.29) is 11.6 Å². The van der Waals surface area contributed by atoms with Crippen molar-refractivity contribution in [3.05, 3.63) is 76.0 Å². The third-order valence-electron chi connectivity index (χ3n) is 5.93. The van der Waals surface area contributed by atoms with Gasteiger partial charge in [0.1, 0.15) is 24.0 Å². The Bertz CT molecular complexity index is 952. The van der Waals surface area contributed by atoms with E-state index in [1.807, 2.05) is 54.6 Å². The second kappa shape index (κ2) is 9.18. The Kier molecular flexibility index (Phi) is 6.98. The first kappa shape index (κ1) is 23.6. The fraction of sp³-hybridized carbons (Fsp3) is 0.375. The van der Waals surface area contributed by atoms with E-state index in [0.29, 0.717) is 11.3 Å². The van der Waals surface area contributed by atoms with Crippen molar-refractivity contribution in [3.8, 4) is 0 Å². The van der Waals surface area contributed by atoms with Crippen LogP contribution in [0.3, 0.4) is 0 Å². The zero-order valence-electron chi connectivity index (χ0n) is 18.9. The molecule has 1 unspecified atom stereocenters. The predicted molar refractivity (Wildman–Crippen MR) is 129 cm³/mol. The number of rotatable bonds is 5. The van der Waals surface area contributed by atoms with Crippen LogP contribution in [0, 0.1) is 0 Å². The van der Waals surface area contributed by atoms with E-state index in [9.17, 15) is 4.79 Å². The SMILES string of the molecule is COC(=O)C1=C(O[Si](C)(C)C(C)(C)C)CON(c2ccccc2)C1c1ccc(Br)cc1. The molecule has 0 bridgehead atoms. The van der Waals surface area contributed by atoms with Gasteiger partial charge in [-0.3, -0.25) is 4.84 Å². The Morgan fingerprint density at radius 1 is 1.10 bits per heavy atom. The molecule has 3 rings (SSSR count). The maximum absolute atomic E-state index is 13.1. The summed E-state index contributed by atoms with van der Waals surface area (Å²) < 4.78 is 12.8. The Hall–Kier alpha value is -2.09. The molecule has 0 saturated heterocycles. The van der Waals surface area contributed by atoms with E-state index in [4.69, 9.17) is 14.0 Å². The van der Waals surface area contributed by atoms with Gasteiger partial charge >= 0.3 is 5.97 Å². The van der Waals surface area contributed by atoms with Gasteiger partial charge in [-0.05, 0) is 48.0 Å². The number of methoxy groups -OCH3 is 1. The zero-order valence-corrected chi connectivity index (χ0v) is 21.5. The number of nitrogens with zero attached hydrogens (tertiary/aromatic N) is 1. The van der Waals surface area contributed by atoms with Gasteiger partial charge in [0.15, 0.2) is 0 Å². The topological polar surface area (TPSA) is 48.0 Å². The number of benzene rings is 2. The average molecular weight is 504 g/mol. The summed E-state index contributed by atoms with van der Waals surface area (Å²) in [6.45, 7) is 11.0. The third kappa shape index (κ3) is 5.05. The maximum Gasteiger partial charge on any atom is 0.339 e. The first-order valence-electron chi connectivity index (χ1n) is 10.3. The molecule has 1 aliphatic heterocycles. The van der Waals surface area contributed by atoms with Gasteiger partial charge < -0.3 is 9.16 Å². The number of hydrogen-bond donors (Lipinski definition) is 0. The van der Waals surface area contributed by atoms with Crippen LogP contribution in [0.5, 0.6) is 0 Å². The van der Waals surface area contributed by atoms with Crippen LogP contribution in [-0.4, -0.2) is 28.0 Å². The molecule has 0 radical (unpaired) electrons. The van der Waals surface area contributed by atoms with E-state index < -0.39 is 20.3 Å². The molecule has 1 aliphatic rings. The van der Waals surface area contributed by atoms with Gasteiger partial charge in [-0.2, -0.15) is 0 Å². The first-order chi connectivity index (χ1) is 14.5. The molecule has 0 spiro atoms. The van der Waals surface area contributed by atoms with Crippen molar-refractivity contribution in [1.82, 2.24) is 0 Å². The van der Waals surface area contributed by atoms with Crippen molar-refractivity contribution in [3.63, 3.8) is 0 Å². The highest BCUT2D eigenvalue weighted by atomic mass is 79.9. The zero-order chi connectivity index (χ0) is 22.8. The summed E-state index contributed by atoms with van der Waals surface area (Å²) in [5, 5.41) is 1.75. The minimum absolute atomic E-state index is 0.0229. The lowest BCUT2D eigenvalue weighted by Crippen LogP contribution is -2.45. The Morgan fingerprint density at radius 2 is 1.71 bits per heavy atom. The second-order valence-corrected chi connectivity index (χ2v) is 14.7. The van der Waals surface area contributed by atoms with Crippen molar-refractivity contribution < 1.29 is 18.8 Å². The number of hydrogen-bond acceptors (Lipinski definition) is 5. The summed E-state index contributed by atoms with van der Waals surface area (Å²) in [6, 6.07) is 17.1. The molecule has 7 heteroatoms. The van der Waals surface area contributed by atoms with Crippen LogP contribution in [0.1, 0.15) is 32.4 Å². The van der Waals surface area contributed by atoms with Crippen LogP contribution < -0.4 is 5.06 Å². The van der Waals surface area contributed by atoms with Crippen LogP contribution in [0.4, 0.5) is 5.69 Å². The molecule has 2 aromatic carbocycles. The number of hydroxylamine groups is 1. The molecule has 0 aliphatic carbocycles. The number of para-hydroxylation sites is 1. The number of halogens is 1. The molecule has 31 heavy (non-hydrogen) atoms. The van der Waals surface area contributed by atoms with E-state index in [2.05, 4.69) is 49.8 Å². The summed E-state index contributed by atoms with van der Waals surface area (Å²) in [5.41, 5.74) is 2.23. The summed E-state index contributed by atoms with van der Waals surface area (Å²) in [4.78, 5) is 19.3. The lowest BCUT2D eigenvalue weighted by Gasteiger charge is -2.42. The monoisotopic (exact) mass is 503 g/mol. The fourth-order valence-corrected chi connectivity index (χ4v) is 4.53. The molecule has 0 fully saturated rings. The minimum atomic E-state index is -2.21. The van der Waals surface area contributed by atoms with Crippen LogP contribution in [0.15, 0.2) is 70.4 Å². The lowest BCUT2D eigenvalue weighted by atomic mass is 9.95. The van der Waals surface area contributed by atoms with E-state index in [1.165, 1.54) is 7.11 Å². The van der Waals surface area contributed by atoms with Gasteiger partial charge in [-0.25, -0.2) is 9.86 Å². The van der Waals surface area contributed by atoms with Crippen molar-refractivity contribution in [2.45, 2.75) is 44.9 Å². The summed E-state index contributed by atoms with van der Waals surface area (Å²) in [6.07, 6.45) is 0. The quantitative estimate of drug-likeness (QED) is 0.349. The van der Waals surface area contributed by atoms with Crippen molar-refractivity contribution >= 4 is 35.9 Å². The minimum Gasteiger partial charge on any atom is -0.544 e. The summed E-state index contributed by atoms with van der Waals surface area (Å²) in [7, 11) is -0.802. The Balaban J connectivity index is 2.18. The molecule has 0 N–H and O–H groups in total. The highest BCUT2D eigenvalue weighted by molar-refractivity contribution is 9.10. The van der Waals surface area contributed by atoms with Crippen LogP contribution >= 0.6 is 15.9 Å². The standard InChI is InChI=1S/C24H30BrNO4Si/c1-24(2,3)31(5,6)30-20-16-29-26(19-10-8-7-9-11-19)22(21(20)23(27)28-4)17-12-14-18(25)15-13-17/h7-15,22H,16H2,1-6H3. The average Bonchev–Trinajstić information content (AvgIpc) is 2.73. The van der Waals surface area contributed by atoms with E-state index in [0.717, 1.165) is 15.7 Å². The molecule has 166 valence electrons. The first-order valence-corrected chi connectivity index (χ1v) is 14.0. The predicted octanol–water partition coefficient (Wildman–Crippen LogP) is 6.39. The molecule has 1 atom stereocenters. The molecular formula is C24H30BrNO4Si. The highest BCUT2D eigenvalue weighted by Crippen LogP contribution is 2.43. The van der Waals surface area contributed by atoms with Gasteiger partial charge in [-0.1, -0.05) is 67.0 Å². The summed E-state index contributed by atoms with van der Waals surface area (Å²) in [5.74, 6) is 0.143. The van der Waals surface area contributed by atoms with E-state index in [1.54, 1.807) is 5.06 Å². The third-order valence-corrected chi connectivity index (χ3v) is 10.8. The number of carbonyl (C=O) groups excluding carboxylic acids is 1. The molecule has 0 saturated carbocycles. The second-order valence-electron chi connectivity index (χ2n) is 9.08. The Labute approximate surface area is 194 Å². The van der Waals surface area contributed by atoms with Crippen LogP contribution in [0.2, 0.25) is 18.1 Å². The fourth-order valence-electron chi connectivity index (χ4n) is 3.18. The molecule has 5 nitrogen and oxygen atoms in total. The number of esters is 1. The van der Waals surface area contributed by atoms with Crippen LogP contribution in [0.25, 0.3) is 0 Å². The van der Waals surface area contributed by atoms with E-state index >= 15 is 0 Å². The van der Waals surface area contributed by atoms with Gasteiger partial charge in [0.25, 0.3) is 0 Å². The van der Waals surface area contributed by atoms with Crippen molar-refractivity contribution in [2.24, 2.45) is 0 Å². The number of anilines is 1. The normalized spacial score (nSPS) is 17.5. The maximum atomic E-state index is 13.1.